The van der Waals surface area contributed by atoms with Gasteiger partial charge < -0.3 is 14.6 Å². The zero-order valence-electron chi connectivity index (χ0n) is 18.0. The van der Waals surface area contributed by atoms with Crippen molar-refractivity contribution in [3.8, 4) is 5.88 Å². The highest BCUT2D eigenvalue weighted by atomic mass is 19.3. The number of carboxylic acids is 1. The van der Waals surface area contributed by atoms with E-state index in [0.717, 1.165) is 11.0 Å². The standard InChI is InChI=1S/C22H25F2N3O5/c1-5-10-22(23,24)17-18(26-15-9-7-6-8-14(15)25-17)31-13-11-16(19(28)29)27(12-13)20(30)32-21(2,3)4/h5-9,13,16H,1,10-12H2,2-4H3,(H,28,29)/t13-,16+/m1/s1. The molecule has 0 aliphatic carbocycles. The van der Waals surface area contributed by atoms with Crippen LogP contribution in [0, 0.1) is 0 Å². The van der Waals surface area contributed by atoms with E-state index in [4.69, 9.17) is 9.47 Å². The summed E-state index contributed by atoms with van der Waals surface area (Å²) >= 11 is 0. The minimum atomic E-state index is -3.40. The maximum Gasteiger partial charge on any atom is 0.411 e. The van der Waals surface area contributed by atoms with Crippen molar-refractivity contribution in [2.45, 2.75) is 57.3 Å². The zero-order chi connectivity index (χ0) is 23.7. The highest BCUT2D eigenvalue weighted by molar-refractivity contribution is 5.81. The maximum absolute atomic E-state index is 14.8. The van der Waals surface area contributed by atoms with Crippen molar-refractivity contribution in [2.24, 2.45) is 0 Å². The number of fused-ring (bicyclic) bond motifs is 1. The third kappa shape index (κ3) is 5.12. The molecule has 1 amide bonds. The van der Waals surface area contributed by atoms with Gasteiger partial charge in [0.1, 0.15) is 17.7 Å². The number of carbonyl (C=O) groups is 2. The molecule has 32 heavy (non-hydrogen) atoms. The van der Waals surface area contributed by atoms with Crippen LogP contribution in [0.15, 0.2) is 36.9 Å². The molecule has 2 heterocycles. The van der Waals surface area contributed by atoms with Gasteiger partial charge in [0.25, 0.3) is 5.92 Å². The van der Waals surface area contributed by atoms with E-state index >= 15 is 0 Å². The number of hydrogen-bond acceptors (Lipinski definition) is 6. The molecule has 1 aliphatic rings. The quantitative estimate of drug-likeness (QED) is 0.662. The molecule has 2 aromatic rings. The molecule has 1 N–H and O–H groups in total. The van der Waals surface area contributed by atoms with Gasteiger partial charge in [0.2, 0.25) is 5.88 Å². The van der Waals surface area contributed by atoms with Crippen LogP contribution in [0.3, 0.4) is 0 Å². The number of alkyl halides is 2. The number of aliphatic carboxylic acids is 1. The lowest BCUT2D eigenvalue weighted by Gasteiger charge is -2.26. The molecule has 0 saturated carbocycles. The van der Waals surface area contributed by atoms with Crippen molar-refractivity contribution >= 4 is 23.1 Å². The lowest BCUT2D eigenvalue weighted by Crippen LogP contribution is -2.43. The largest absolute Gasteiger partial charge is 0.480 e. The first-order chi connectivity index (χ1) is 14.9. The molecule has 1 aromatic heterocycles. The number of hydrogen-bond donors (Lipinski definition) is 1. The van der Waals surface area contributed by atoms with E-state index in [9.17, 15) is 23.5 Å². The maximum atomic E-state index is 14.8. The second-order valence-corrected chi connectivity index (χ2v) is 8.53. The van der Waals surface area contributed by atoms with Gasteiger partial charge in [-0.15, -0.1) is 6.58 Å². The third-order valence-corrected chi connectivity index (χ3v) is 4.74. The molecular formula is C22H25F2N3O5. The summed E-state index contributed by atoms with van der Waals surface area (Å²) in [5.74, 6) is -5.05. The van der Waals surface area contributed by atoms with Crippen LogP contribution in [0.25, 0.3) is 11.0 Å². The van der Waals surface area contributed by atoms with Gasteiger partial charge >= 0.3 is 12.1 Å². The summed E-state index contributed by atoms with van der Waals surface area (Å²) in [6.07, 6.45) is -1.44. The number of nitrogens with zero attached hydrogens (tertiary/aromatic N) is 3. The van der Waals surface area contributed by atoms with Crippen molar-refractivity contribution in [3.63, 3.8) is 0 Å². The number of aromatic nitrogens is 2. The van der Waals surface area contributed by atoms with Gasteiger partial charge in [-0.2, -0.15) is 8.78 Å². The first kappa shape index (κ1) is 23.4. The highest BCUT2D eigenvalue weighted by Gasteiger charge is 2.44. The number of benzene rings is 1. The molecule has 0 unspecified atom stereocenters. The smallest absolute Gasteiger partial charge is 0.411 e. The van der Waals surface area contributed by atoms with Crippen LogP contribution in [0.1, 0.15) is 39.3 Å². The van der Waals surface area contributed by atoms with Crippen LogP contribution >= 0.6 is 0 Å². The van der Waals surface area contributed by atoms with E-state index in [2.05, 4.69) is 16.5 Å². The second kappa shape index (κ2) is 8.68. The molecular weight excluding hydrogens is 424 g/mol. The summed E-state index contributed by atoms with van der Waals surface area (Å²) in [6, 6.07) is 5.27. The van der Waals surface area contributed by atoms with Gasteiger partial charge in [-0.1, -0.05) is 18.2 Å². The van der Waals surface area contributed by atoms with Crippen molar-refractivity contribution in [1.82, 2.24) is 14.9 Å². The van der Waals surface area contributed by atoms with Crippen molar-refractivity contribution in [2.75, 3.05) is 6.54 Å². The predicted octanol–water partition coefficient (Wildman–Crippen LogP) is 4.14. The molecule has 0 bridgehead atoms. The number of allylic oxidation sites excluding steroid dienone is 1. The average Bonchev–Trinajstić information content (AvgIpc) is 3.10. The fourth-order valence-electron chi connectivity index (χ4n) is 3.38. The summed E-state index contributed by atoms with van der Waals surface area (Å²) < 4.78 is 40.6. The Morgan fingerprint density at radius 1 is 1.25 bits per heavy atom. The van der Waals surface area contributed by atoms with E-state index in [1.165, 1.54) is 0 Å². The minimum absolute atomic E-state index is 0.116. The first-order valence-corrected chi connectivity index (χ1v) is 10.1. The van der Waals surface area contributed by atoms with Crippen molar-refractivity contribution in [1.29, 1.82) is 0 Å². The van der Waals surface area contributed by atoms with Crippen LogP contribution in [-0.2, 0) is 15.5 Å². The Morgan fingerprint density at radius 2 is 1.88 bits per heavy atom. The zero-order valence-corrected chi connectivity index (χ0v) is 18.0. The fourth-order valence-corrected chi connectivity index (χ4v) is 3.38. The monoisotopic (exact) mass is 449 g/mol. The van der Waals surface area contributed by atoms with Gasteiger partial charge in [0.15, 0.2) is 5.69 Å². The molecule has 3 rings (SSSR count). The normalized spacial score (nSPS) is 19.1. The topological polar surface area (TPSA) is 102 Å². The summed E-state index contributed by atoms with van der Waals surface area (Å²) in [5, 5.41) is 9.55. The Balaban J connectivity index is 1.93. The van der Waals surface area contributed by atoms with Gasteiger partial charge in [0.05, 0.1) is 17.6 Å². The molecule has 1 aromatic carbocycles. The van der Waals surface area contributed by atoms with Crippen LogP contribution in [0.2, 0.25) is 0 Å². The lowest BCUT2D eigenvalue weighted by molar-refractivity contribution is -0.142. The van der Waals surface area contributed by atoms with Gasteiger partial charge in [-0.25, -0.2) is 19.6 Å². The molecule has 0 spiro atoms. The number of amides is 1. The lowest BCUT2D eigenvalue weighted by atomic mass is 10.1. The van der Waals surface area contributed by atoms with Crippen molar-refractivity contribution < 1.29 is 33.0 Å². The van der Waals surface area contributed by atoms with Gasteiger partial charge in [-0.3, -0.25) is 4.90 Å². The van der Waals surface area contributed by atoms with E-state index in [1.54, 1.807) is 45.0 Å². The molecule has 2 atom stereocenters. The van der Waals surface area contributed by atoms with Crippen LogP contribution in [0.5, 0.6) is 5.88 Å². The Labute approximate surface area is 183 Å². The fraction of sp³-hybridized carbons (Fsp3) is 0.455. The van der Waals surface area contributed by atoms with E-state index in [1.807, 2.05) is 0 Å². The van der Waals surface area contributed by atoms with Crippen molar-refractivity contribution in [3.05, 3.63) is 42.6 Å². The highest BCUT2D eigenvalue weighted by Crippen LogP contribution is 2.38. The van der Waals surface area contributed by atoms with Gasteiger partial charge in [0, 0.05) is 12.8 Å². The number of likely N-dealkylation sites (tertiary alicyclic amines) is 1. The molecule has 172 valence electrons. The molecule has 1 aliphatic heterocycles. The predicted molar refractivity (Wildman–Crippen MR) is 112 cm³/mol. The summed E-state index contributed by atoms with van der Waals surface area (Å²) in [4.78, 5) is 33.5. The number of rotatable bonds is 6. The molecule has 1 fully saturated rings. The Morgan fingerprint density at radius 3 is 2.44 bits per heavy atom. The van der Waals surface area contributed by atoms with E-state index < -0.39 is 53.7 Å². The number of halogens is 2. The second-order valence-electron chi connectivity index (χ2n) is 8.53. The van der Waals surface area contributed by atoms with Crippen LogP contribution in [-0.4, -0.2) is 56.3 Å². The molecule has 10 heteroatoms. The Bertz CT molecular complexity index is 1040. The number of carboxylic acid groups (broad SMARTS) is 1. The van der Waals surface area contributed by atoms with Crippen LogP contribution in [0.4, 0.5) is 13.6 Å². The third-order valence-electron chi connectivity index (χ3n) is 4.74. The summed E-state index contributed by atoms with van der Waals surface area (Å²) in [7, 11) is 0. The molecule has 0 radical (unpaired) electrons. The minimum Gasteiger partial charge on any atom is -0.480 e. The van der Waals surface area contributed by atoms with Gasteiger partial charge in [-0.05, 0) is 32.9 Å². The van der Waals surface area contributed by atoms with Crippen LogP contribution < -0.4 is 4.74 Å². The number of ether oxygens (including phenoxy) is 2. The Kier molecular flexibility index (Phi) is 6.34. The molecule has 8 nitrogen and oxygen atoms in total. The molecule has 1 saturated heterocycles. The van der Waals surface area contributed by atoms with E-state index in [0.29, 0.717) is 5.52 Å². The summed E-state index contributed by atoms with van der Waals surface area (Å²) in [5.41, 5.74) is -0.886. The first-order valence-electron chi connectivity index (χ1n) is 10.1. The average molecular weight is 449 g/mol. The van der Waals surface area contributed by atoms with E-state index in [-0.39, 0.29) is 18.5 Å². The summed E-state index contributed by atoms with van der Waals surface area (Å²) in [6.45, 7) is 8.17. The number of carbonyl (C=O) groups excluding carboxylic acids is 1. The SMILES string of the molecule is C=CCC(F)(F)c1nc2ccccc2nc1O[C@@H]1C[C@@H](C(=O)O)N(C(=O)OC(C)(C)C)C1. The Hall–Kier alpha value is -3.30. The number of para-hydroxylation sites is 2.